The zero-order valence-electron chi connectivity index (χ0n) is 15.8. The molecule has 0 saturated carbocycles. The molecule has 0 N–H and O–H groups in total. The van der Waals surface area contributed by atoms with E-state index in [1.807, 2.05) is 6.92 Å². The number of carbonyl (C=O) groups excluding carboxylic acids is 1. The summed E-state index contributed by atoms with van der Waals surface area (Å²) in [5.41, 5.74) is 0.739. The molecule has 1 aliphatic heterocycles. The third-order valence-electron chi connectivity index (χ3n) is 4.73. The van der Waals surface area contributed by atoms with Gasteiger partial charge in [-0.2, -0.15) is 0 Å². The summed E-state index contributed by atoms with van der Waals surface area (Å²) in [5, 5.41) is 0. The number of hydrogen-bond acceptors (Lipinski definition) is 6. The van der Waals surface area contributed by atoms with E-state index in [9.17, 15) is 13.6 Å². The van der Waals surface area contributed by atoms with Gasteiger partial charge in [0.25, 0.3) is 5.91 Å². The number of rotatable bonds is 5. The predicted octanol–water partition coefficient (Wildman–Crippen LogP) is 3.72. The highest BCUT2D eigenvalue weighted by Gasteiger charge is 2.40. The van der Waals surface area contributed by atoms with Crippen molar-refractivity contribution in [2.75, 3.05) is 12.0 Å². The summed E-state index contributed by atoms with van der Waals surface area (Å²) in [7, 11) is 1.32. The van der Waals surface area contributed by atoms with Gasteiger partial charge in [-0.3, -0.25) is 9.69 Å². The van der Waals surface area contributed by atoms with E-state index < -0.39 is 23.6 Å². The zero-order valence-corrected chi connectivity index (χ0v) is 15.8. The molecule has 148 valence electrons. The van der Waals surface area contributed by atoms with E-state index in [2.05, 4.69) is 19.9 Å². The fraction of sp³-hybridized carbons (Fsp3) is 0.250. The maximum atomic E-state index is 14.7. The molecule has 2 aromatic heterocycles. The highest BCUT2D eigenvalue weighted by atomic mass is 19.1. The second kappa shape index (κ2) is 7.50. The Labute approximate surface area is 165 Å². The van der Waals surface area contributed by atoms with Gasteiger partial charge in [-0.15, -0.1) is 0 Å². The summed E-state index contributed by atoms with van der Waals surface area (Å²) in [6.07, 6.45) is 5.21. The summed E-state index contributed by atoms with van der Waals surface area (Å²) < 4.78 is 34.0. The molecule has 0 radical (unpaired) electrons. The van der Waals surface area contributed by atoms with E-state index in [-0.39, 0.29) is 28.8 Å². The lowest BCUT2D eigenvalue weighted by atomic mass is 10.0. The largest absolute Gasteiger partial charge is 0.494 e. The van der Waals surface area contributed by atoms with Gasteiger partial charge in [0.05, 0.1) is 19.3 Å². The predicted molar refractivity (Wildman–Crippen MR) is 100 cm³/mol. The highest BCUT2D eigenvalue weighted by Crippen LogP contribution is 2.42. The molecule has 0 aliphatic carbocycles. The zero-order chi connectivity index (χ0) is 20.5. The van der Waals surface area contributed by atoms with Gasteiger partial charge in [0, 0.05) is 18.0 Å². The normalized spacial score (nSPS) is 15.5. The van der Waals surface area contributed by atoms with Gasteiger partial charge in [-0.25, -0.2) is 28.7 Å². The van der Waals surface area contributed by atoms with Gasteiger partial charge >= 0.3 is 0 Å². The van der Waals surface area contributed by atoms with Gasteiger partial charge in [-0.05, 0) is 30.2 Å². The van der Waals surface area contributed by atoms with Crippen LogP contribution >= 0.6 is 0 Å². The van der Waals surface area contributed by atoms with Crippen LogP contribution in [0.2, 0.25) is 0 Å². The quantitative estimate of drug-likeness (QED) is 0.653. The second-order valence-electron chi connectivity index (χ2n) is 6.49. The van der Waals surface area contributed by atoms with Crippen LogP contribution in [-0.4, -0.2) is 33.0 Å². The van der Waals surface area contributed by atoms with E-state index in [1.165, 1.54) is 36.5 Å². The Balaban J connectivity index is 1.84. The minimum absolute atomic E-state index is 0.0456. The number of anilines is 1. The summed E-state index contributed by atoms with van der Waals surface area (Å²) in [6, 6.07) is 3.69. The number of methoxy groups -OCH3 is 1. The van der Waals surface area contributed by atoms with Gasteiger partial charge in [-0.1, -0.05) is 13.3 Å². The molecule has 1 unspecified atom stereocenters. The number of ether oxygens (including phenoxy) is 1. The number of aromatic nitrogens is 4. The maximum absolute atomic E-state index is 14.7. The molecule has 1 amide bonds. The van der Waals surface area contributed by atoms with Crippen LogP contribution in [0.3, 0.4) is 0 Å². The average molecular weight is 397 g/mol. The monoisotopic (exact) mass is 397 g/mol. The first-order chi connectivity index (χ1) is 14.0. The van der Waals surface area contributed by atoms with Crippen molar-refractivity contribution in [2.45, 2.75) is 25.8 Å². The Bertz CT molecular complexity index is 1080. The van der Waals surface area contributed by atoms with Crippen LogP contribution in [-0.2, 0) is 0 Å². The first kappa shape index (κ1) is 18.9. The van der Waals surface area contributed by atoms with Crippen molar-refractivity contribution in [2.24, 2.45) is 0 Å². The molecule has 0 saturated heterocycles. The van der Waals surface area contributed by atoms with Gasteiger partial charge in [0.2, 0.25) is 0 Å². The van der Waals surface area contributed by atoms with Crippen molar-refractivity contribution in [3.63, 3.8) is 0 Å². The molecule has 3 heterocycles. The summed E-state index contributed by atoms with van der Waals surface area (Å²) in [5.74, 6) is -1.77. The fourth-order valence-electron chi connectivity index (χ4n) is 3.45. The van der Waals surface area contributed by atoms with E-state index in [0.717, 1.165) is 6.20 Å². The third-order valence-corrected chi connectivity index (χ3v) is 4.73. The van der Waals surface area contributed by atoms with Crippen LogP contribution in [0.4, 0.5) is 14.6 Å². The molecule has 9 heteroatoms. The van der Waals surface area contributed by atoms with Gasteiger partial charge < -0.3 is 4.74 Å². The number of halogens is 2. The molecular formula is C20H17F2N5O2. The topological polar surface area (TPSA) is 81.1 Å². The van der Waals surface area contributed by atoms with Crippen molar-refractivity contribution >= 4 is 11.7 Å². The Morgan fingerprint density at radius 3 is 2.55 bits per heavy atom. The van der Waals surface area contributed by atoms with Crippen LogP contribution in [0, 0.1) is 11.6 Å². The molecule has 0 bridgehead atoms. The van der Waals surface area contributed by atoms with Crippen molar-refractivity contribution in [3.8, 4) is 17.4 Å². The summed E-state index contributed by atoms with van der Waals surface area (Å²) in [4.78, 5) is 30.7. The van der Waals surface area contributed by atoms with Crippen LogP contribution in [0.5, 0.6) is 5.75 Å². The first-order valence-corrected chi connectivity index (χ1v) is 9.06. The number of benzene rings is 1. The van der Waals surface area contributed by atoms with Crippen molar-refractivity contribution in [3.05, 3.63) is 59.6 Å². The minimum Gasteiger partial charge on any atom is -0.494 e. The molecule has 3 aromatic rings. The fourth-order valence-corrected chi connectivity index (χ4v) is 3.45. The van der Waals surface area contributed by atoms with E-state index in [1.54, 1.807) is 6.07 Å². The standard InChI is InChI=1S/C20H17F2N5O2/c1-3-5-15-11-8-13(21)16(29-2)9-12(11)20(28)27(15)19-14(22)10-25-18(26-19)17-23-6-4-7-24-17/h4,6-10,15H,3,5H2,1-2H3. The smallest absolute Gasteiger partial charge is 0.260 e. The summed E-state index contributed by atoms with van der Waals surface area (Å²) in [6.45, 7) is 1.93. The SMILES string of the molecule is CCCC1c2cc(F)c(OC)cc2C(=O)N1c1nc(-c2ncccn2)ncc1F. The van der Waals surface area contributed by atoms with Crippen molar-refractivity contribution in [1.29, 1.82) is 0 Å². The molecule has 1 aliphatic rings. The van der Waals surface area contributed by atoms with E-state index >= 15 is 0 Å². The molecule has 1 atom stereocenters. The number of carbonyl (C=O) groups is 1. The highest BCUT2D eigenvalue weighted by molar-refractivity contribution is 6.11. The molecule has 29 heavy (non-hydrogen) atoms. The molecule has 0 fully saturated rings. The lowest BCUT2D eigenvalue weighted by molar-refractivity contribution is 0.0988. The Kier molecular flexibility index (Phi) is 4.87. The Morgan fingerprint density at radius 2 is 1.86 bits per heavy atom. The molecule has 0 spiro atoms. The number of hydrogen-bond donors (Lipinski definition) is 0. The van der Waals surface area contributed by atoms with Crippen LogP contribution in [0.1, 0.15) is 41.7 Å². The lowest BCUT2D eigenvalue weighted by Crippen LogP contribution is -2.30. The van der Waals surface area contributed by atoms with Crippen LogP contribution < -0.4 is 9.64 Å². The maximum Gasteiger partial charge on any atom is 0.260 e. The van der Waals surface area contributed by atoms with Crippen LogP contribution in [0.15, 0.2) is 36.8 Å². The number of nitrogens with zero attached hydrogens (tertiary/aromatic N) is 5. The van der Waals surface area contributed by atoms with Crippen molar-refractivity contribution < 1.29 is 18.3 Å². The number of amides is 1. The molecule has 4 rings (SSSR count). The second-order valence-corrected chi connectivity index (χ2v) is 6.49. The van der Waals surface area contributed by atoms with Crippen molar-refractivity contribution in [1.82, 2.24) is 19.9 Å². The Morgan fingerprint density at radius 1 is 1.10 bits per heavy atom. The lowest BCUT2D eigenvalue weighted by Gasteiger charge is -2.24. The van der Waals surface area contributed by atoms with E-state index in [4.69, 9.17) is 4.74 Å². The minimum atomic E-state index is -0.764. The van der Waals surface area contributed by atoms with Gasteiger partial charge in [0.15, 0.2) is 34.9 Å². The first-order valence-electron chi connectivity index (χ1n) is 9.06. The average Bonchev–Trinajstić information content (AvgIpc) is 2.99. The molecule has 1 aromatic carbocycles. The van der Waals surface area contributed by atoms with Gasteiger partial charge in [0.1, 0.15) is 0 Å². The van der Waals surface area contributed by atoms with Crippen LogP contribution in [0.25, 0.3) is 11.6 Å². The summed E-state index contributed by atoms with van der Waals surface area (Å²) >= 11 is 0. The number of fused-ring (bicyclic) bond motifs is 1. The molecule has 7 nitrogen and oxygen atoms in total. The van der Waals surface area contributed by atoms with E-state index in [0.29, 0.717) is 18.4 Å². The molecular weight excluding hydrogens is 380 g/mol. The Hall–Kier alpha value is -3.49. The third kappa shape index (κ3) is 3.18.